The van der Waals surface area contributed by atoms with Gasteiger partial charge in [-0.1, -0.05) is 6.42 Å². The van der Waals surface area contributed by atoms with Crippen LogP contribution in [-0.4, -0.2) is 35.3 Å². The van der Waals surface area contributed by atoms with E-state index in [9.17, 15) is 9.59 Å². The number of piperidine rings is 1. The molecule has 2 atom stereocenters. The van der Waals surface area contributed by atoms with Gasteiger partial charge in [0.1, 0.15) is 0 Å². The molecule has 4 heteroatoms. The van der Waals surface area contributed by atoms with Crippen LogP contribution >= 0.6 is 0 Å². The Hall–Kier alpha value is -0.900. The zero-order valence-corrected chi connectivity index (χ0v) is 9.16. The smallest absolute Gasteiger partial charge is 0.229 e. The number of hydrogen-bond donors (Lipinski definition) is 1. The highest BCUT2D eigenvalue weighted by Crippen LogP contribution is 2.17. The maximum Gasteiger partial charge on any atom is 0.229 e. The molecule has 0 bridgehead atoms. The Bertz CT molecular complexity index is 262. The third-order valence-electron chi connectivity index (χ3n) is 3.27. The second-order valence-corrected chi connectivity index (χ2v) is 4.59. The Balaban J connectivity index is 1.90. The number of amides is 2. The summed E-state index contributed by atoms with van der Waals surface area (Å²) in [5, 5.41) is 3.44. The summed E-state index contributed by atoms with van der Waals surface area (Å²) in [6, 6.07) is 0.816. The molecule has 2 amide bonds. The van der Waals surface area contributed by atoms with E-state index >= 15 is 0 Å². The van der Waals surface area contributed by atoms with Crippen LogP contribution in [-0.2, 0) is 9.59 Å². The van der Waals surface area contributed by atoms with Gasteiger partial charge in [-0.2, -0.15) is 0 Å². The highest BCUT2D eigenvalue weighted by molar-refractivity contribution is 6.01. The fourth-order valence-corrected chi connectivity index (χ4v) is 2.43. The van der Waals surface area contributed by atoms with Gasteiger partial charge in [-0.25, -0.2) is 0 Å². The van der Waals surface area contributed by atoms with Crippen LogP contribution in [0.5, 0.6) is 0 Å². The van der Waals surface area contributed by atoms with Crippen LogP contribution in [0.25, 0.3) is 0 Å². The van der Waals surface area contributed by atoms with E-state index in [4.69, 9.17) is 0 Å². The molecule has 2 aliphatic heterocycles. The first kappa shape index (κ1) is 10.6. The molecule has 15 heavy (non-hydrogen) atoms. The highest BCUT2D eigenvalue weighted by atomic mass is 16.2. The normalized spacial score (nSPS) is 32.5. The summed E-state index contributed by atoms with van der Waals surface area (Å²) in [6.07, 6.45) is 4.26. The molecule has 0 radical (unpaired) electrons. The van der Waals surface area contributed by atoms with E-state index < -0.39 is 0 Å². The molecule has 2 aliphatic rings. The zero-order valence-electron chi connectivity index (χ0n) is 9.16. The first-order valence-corrected chi connectivity index (χ1v) is 5.76. The summed E-state index contributed by atoms with van der Waals surface area (Å²) in [6.45, 7) is 2.72. The van der Waals surface area contributed by atoms with Crippen molar-refractivity contribution in [3.05, 3.63) is 0 Å². The third-order valence-corrected chi connectivity index (χ3v) is 3.27. The lowest BCUT2D eigenvalue weighted by molar-refractivity contribution is -0.138. The number of nitrogens with zero attached hydrogens (tertiary/aromatic N) is 1. The van der Waals surface area contributed by atoms with Crippen molar-refractivity contribution in [1.82, 2.24) is 10.2 Å². The first-order chi connectivity index (χ1) is 7.16. The summed E-state index contributed by atoms with van der Waals surface area (Å²) in [4.78, 5) is 24.3. The van der Waals surface area contributed by atoms with Gasteiger partial charge < -0.3 is 5.32 Å². The van der Waals surface area contributed by atoms with Crippen LogP contribution in [0.2, 0.25) is 0 Å². The molecule has 2 fully saturated rings. The van der Waals surface area contributed by atoms with Gasteiger partial charge in [0.05, 0.1) is 0 Å². The second-order valence-electron chi connectivity index (χ2n) is 4.59. The van der Waals surface area contributed by atoms with Crippen molar-refractivity contribution in [2.24, 2.45) is 0 Å². The van der Waals surface area contributed by atoms with Gasteiger partial charge in [0.15, 0.2) is 0 Å². The van der Waals surface area contributed by atoms with Crippen molar-refractivity contribution in [3.63, 3.8) is 0 Å². The Morgan fingerprint density at radius 2 is 1.93 bits per heavy atom. The maximum absolute atomic E-state index is 11.4. The Morgan fingerprint density at radius 3 is 2.53 bits per heavy atom. The Morgan fingerprint density at radius 1 is 1.27 bits per heavy atom. The Labute approximate surface area is 90.0 Å². The summed E-state index contributed by atoms with van der Waals surface area (Å²) in [5.74, 6) is 0.0000491. The number of nitrogens with one attached hydrogen (secondary N) is 1. The van der Waals surface area contributed by atoms with Gasteiger partial charge in [0.25, 0.3) is 0 Å². The van der Waals surface area contributed by atoms with Crippen LogP contribution in [0.3, 0.4) is 0 Å². The average Bonchev–Trinajstić information content (AvgIpc) is 2.50. The molecule has 4 nitrogen and oxygen atoms in total. The summed E-state index contributed by atoms with van der Waals surface area (Å²) in [7, 11) is 0. The fraction of sp³-hybridized carbons (Fsp3) is 0.818. The molecule has 0 aromatic heterocycles. The number of imide groups is 1. The van der Waals surface area contributed by atoms with E-state index in [1.165, 1.54) is 17.7 Å². The second kappa shape index (κ2) is 4.31. The van der Waals surface area contributed by atoms with E-state index in [1.807, 2.05) is 0 Å². The van der Waals surface area contributed by atoms with Crippen molar-refractivity contribution in [1.29, 1.82) is 0 Å². The third kappa shape index (κ3) is 2.37. The lowest BCUT2D eigenvalue weighted by atomic mass is 9.99. The van der Waals surface area contributed by atoms with Gasteiger partial charge in [-0.15, -0.1) is 0 Å². The van der Waals surface area contributed by atoms with Gasteiger partial charge >= 0.3 is 0 Å². The van der Waals surface area contributed by atoms with Crippen LogP contribution in [0.15, 0.2) is 0 Å². The molecule has 1 N–H and O–H groups in total. The minimum absolute atomic E-state index is 0.0000246. The minimum atomic E-state index is 0.0000246. The molecular formula is C11H18N2O2. The summed E-state index contributed by atoms with van der Waals surface area (Å²) in [5.41, 5.74) is 0. The van der Waals surface area contributed by atoms with E-state index in [-0.39, 0.29) is 11.8 Å². The van der Waals surface area contributed by atoms with E-state index in [1.54, 1.807) is 0 Å². The lowest BCUT2D eigenvalue weighted by Crippen LogP contribution is -2.48. The first-order valence-electron chi connectivity index (χ1n) is 5.76. The topological polar surface area (TPSA) is 49.4 Å². The number of likely N-dealkylation sites (tertiary alicyclic amines) is 1. The van der Waals surface area contributed by atoms with Gasteiger partial charge in [-0.05, 0) is 19.8 Å². The molecule has 2 rings (SSSR count). The molecule has 2 unspecified atom stereocenters. The van der Waals surface area contributed by atoms with Crippen LogP contribution < -0.4 is 5.32 Å². The van der Waals surface area contributed by atoms with Gasteiger partial charge in [0.2, 0.25) is 11.8 Å². The molecular weight excluding hydrogens is 192 g/mol. The molecule has 0 spiro atoms. The molecule has 0 aromatic carbocycles. The molecule has 0 saturated carbocycles. The van der Waals surface area contributed by atoms with Crippen LogP contribution in [0, 0.1) is 0 Å². The van der Waals surface area contributed by atoms with Crippen LogP contribution in [0.4, 0.5) is 0 Å². The van der Waals surface area contributed by atoms with E-state index in [0.29, 0.717) is 31.5 Å². The van der Waals surface area contributed by atoms with Crippen molar-refractivity contribution >= 4 is 11.8 Å². The summed E-state index contributed by atoms with van der Waals surface area (Å²) >= 11 is 0. The van der Waals surface area contributed by atoms with Gasteiger partial charge in [-0.3, -0.25) is 14.5 Å². The highest BCUT2D eigenvalue weighted by Gasteiger charge is 2.31. The zero-order chi connectivity index (χ0) is 10.8. The van der Waals surface area contributed by atoms with Gasteiger partial charge in [0, 0.05) is 31.5 Å². The van der Waals surface area contributed by atoms with Crippen LogP contribution in [0.1, 0.15) is 39.0 Å². The molecule has 2 heterocycles. The van der Waals surface area contributed by atoms with Crippen molar-refractivity contribution in [2.45, 2.75) is 51.1 Å². The summed E-state index contributed by atoms with van der Waals surface area (Å²) < 4.78 is 0. The molecule has 2 saturated heterocycles. The van der Waals surface area contributed by atoms with E-state index in [2.05, 4.69) is 12.2 Å². The number of rotatable bonds is 2. The Kier molecular flexibility index (Phi) is 3.05. The SMILES string of the molecule is CC1CCCC(CN2C(=O)CCC2=O)N1. The quantitative estimate of drug-likeness (QED) is 0.681. The van der Waals surface area contributed by atoms with E-state index in [0.717, 1.165) is 6.42 Å². The maximum atomic E-state index is 11.4. The predicted octanol–water partition coefficient (Wildman–Crippen LogP) is 0.666. The number of carbonyl (C=O) groups excluding carboxylic acids is 2. The number of hydrogen-bond acceptors (Lipinski definition) is 3. The van der Waals surface area contributed by atoms with Crippen molar-refractivity contribution in [3.8, 4) is 0 Å². The number of carbonyl (C=O) groups is 2. The average molecular weight is 210 g/mol. The van der Waals surface area contributed by atoms with Crippen molar-refractivity contribution in [2.75, 3.05) is 6.54 Å². The monoisotopic (exact) mass is 210 g/mol. The molecule has 0 aromatic rings. The largest absolute Gasteiger partial charge is 0.310 e. The fourth-order valence-electron chi connectivity index (χ4n) is 2.43. The lowest BCUT2D eigenvalue weighted by Gasteiger charge is -2.31. The van der Waals surface area contributed by atoms with Crippen molar-refractivity contribution < 1.29 is 9.59 Å². The molecule has 0 aliphatic carbocycles. The molecule has 84 valence electrons. The predicted molar refractivity (Wildman–Crippen MR) is 56.2 cm³/mol. The standard InChI is InChI=1S/C11H18N2O2/c1-8-3-2-4-9(12-8)7-13-10(14)5-6-11(13)15/h8-9,12H,2-7H2,1H3. The minimum Gasteiger partial charge on any atom is -0.310 e.